The van der Waals surface area contributed by atoms with E-state index in [-0.39, 0.29) is 18.2 Å². The molecule has 1 aliphatic heterocycles. The first-order valence-corrected chi connectivity index (χ1v) is 9.28. The number of halogens is 2. The third-order valence-electron chi connectivity index (χ3n) is 4.20. The maximum Gasteiger partial charge on any atom is 0.410 e. The van der Waals surface area contributed by atoms with Gasteiger partial charge in [-0.1, -0.05) is 24.9 Å². The molecule has 2 rings (SSSR count). The van der Waals surface area contributed by atoms with Gasteiger partial charge >= 0.3 is 12.2 Å². The lowest BCUT2D eigenvalue weighted by molar-refractivity contribution is 0.0194. The number of carbonyl (C=O) groups is 2. The van der Waals surface area contributed by atoms with Crippen LogP contribution in [0.5, 0.6) is 0 Å². The van der Waals surface area contributed by atoms with Gasteiger partial charge in [-0.3, -0.25) is 4.90 Å². The van der Waals surface area contributed by atoms with Gasteiger partial charge in [-0.25, -0.2) is 14.6 Å². The monoisotopic (exact) mass is 433 g/mol. The molecule has 1 aromatic rings. The summed E-state index contributed by atoms with van der Waals surface area (Å²) in [6, 6.07) is 2.43. The van der Waals surface area contributed by atoms with E-state index in [1.165, 1.54) is 4.90 Å². The summed E-state index contributed by atoms with van der Waals surface area (Å²) >= 11 is 9.33. The van der Waals surface area contributed by atoms with Crippen molar-refractivity contribution in [2.75, 3.05) is 19.7 Å². The van der Waals surface area contributed by atoms with Crippen molar-refractivity contribution < 1.29 is 19.4 Å². The second-order valence-electron chi connectivity index (χ2n) is 5.87. The molecule has 0 aromatic carbocycles. The summed E-state index contributed by atoms with van der Waals surface area (Å²) < 4.78 is 5.86. The minimum atomic E-state index is -1.02. The number of aromatic nitrogens is 1. The number of hydrogen-bond donors (Lipinski definition) is 1. The standard InChI is InChI=1S/C16H21BrClN3O4/c1-3-4-7-25-16(24)21-6-5-20(15(22)23)10(2)14(21)11-8-12(17)19-13(18)9-11/h8-10,14H,3-7H2,1-2H3,(H,22,23). The van der Waals surface area contributed by atoms with Crippen molar-refractivity contribution in [3.8, 4) is 0 Å². The fourth-order valence-corrected chi connectivity index (χ4v) is 3.74. The van der Waals surface area contributed by atoms with E-state index in [2.05, 4.69) is 20.9 Å². The molecule has 1 N–H and O–H groups in total. The largest absolute Gasteiger partial charge is 0.465 e. The second-order valence-corrected chi connectivity index (χ2v) is 7.07. The first-order chi connectivity index (χ1) is 11.8. The average molecular weight is 435 g/mol. The molecule has 0 saturated carbocycles. The lowest BCUT2D eigenvalue weighted by Crippen LogP contribution is -2.57. The molecule has 2 amide bonds. The maximum atomic E-state index is 12.5. The molecule has 25 heavy (non-hydrogen) atoms. The Bertz CT molecular complexity index is 626. The topological polar surface area (TPSA) is 83.0 Å². The van der Waals surface area contributed by atoms with E-state index in [4.69, 9.17) is 16.3 Å². The van der Waals surface area contributed by atoms with Gasteiger partial charge in [0, 0.05) is 13.1 Å². The number of amides is 2. The summed E-state index contributed by atoms with van der Waals surface area (Å²) in [5, 5.41) is 9.69. The molecule has 2 unspecified atom stereocenters. The smallest absolute Gasteiger partial charge is 0.410 e. The van der Waals surface area contributed by atoms with Crippen molar-refractivity contribution in [3.63, 3.8) is 0 Å². The SMILES string of the molecule is CCCCOC(=O)N1CCN(C(=O)O)C(C)C1c1cc(Cl)nc(Br)c1. The lowest BCUT2D eigenvalue weighted by atomic mass is 9.96. The Morgan fingerprint density at radius 1 is 1.40 bits per heavy atom. The summed E-state index contributed by atoms with van der Waals surface area (Å²) in [7, 11) is 0. The molecule has 0 aliphatic carbocycles. The molecule has 0 spiro atoms. The van der Waals surface area contributed by atoms with Gasteiger partial charge in [0.15, 0.2) is 0 Å². The zero-order valence-electron chi connectivity index (χ0n) is 14.1. The molecular formula is C16H21BrClN3O4. The first kappa shape index (κ1) is 19.8. The van der Waals surface area contributed by atoms with Gasteiger partial charge in [-0.05, 0) is 47.0 Å². The number of piperazine rings is 1. The van der Waals surface area contributed by atoms with Crippen LogP contribution in [-0.2, 0) is 4.74 Å². The van der Waals surface area contributed by atoms with Crippen LogP contribution in [0.25, 0.3) is 0 Å². The van der Waals surface area contributed by atoms with E-state index in [1.54, 1.807) is 24.0 Å². The van der Waals surface area contributed by atoms with Crippen LogP contribution in [0.3, 0.4) is 0 Å². The van der Waals surface area contributed by atoms with Crippen LogP contribution >= 0.6 is 27.5 Å². The number of hydrogen-bond acceptors (Lipinski definition) is 4. The fourth-order valence-electron chi connectivity index (χ4n) is 2.96. The van der Waals surface area contributed by atoms with Crippen LogP contribution in [0, 0.1) is 0 Å². The van der Waals surface area contributed by atoms with Gasteiger partial charge in [0.1, 0.15) is 9.76 Å². The highest BCUT2D eigenvalue weighted by Crippen LogP contribution is 2.33. The van der Waals surface area contributed by atoms with Gasteiger partial charge in [0.25, 0.3) is 0 Å². The van der Waals surface area contributed by atoms with Gasteiger partial charge in [-0.15, -0.1) is 0 Å². The summed E-state index contributed by atoms with van der Waals surface area (Å²) in [6.07, 6.45) is 0.246. The van der Waals surface area contributed by atoms with Gasteiger partial charge in [0.05, 0.1) is 18.7 Å². The lowest BCUT2D eigenvalue weighted by Gasteiger charge is -2.44. The molecular weight excluding hydrogens is 414 g/mol. The van der Waals surface area contributed by atoms with Crippen molar-refractivity contribution in [2.45, 2.75) is 38.8 Å². The Morgan fingerprint density at radius 3 is 2.68 bits per heavy atom. The molecule has 138 valence electrons. The second kappa shape index (κ2) is 8.71. The van der Waals surface area contributed by atoms with Crippen molar-refractivity contribution in [1.82, 2.24) is 14.8 Å². The van der Waals surface area contributed by atoms with Crippen molar-refractivity contribution in [2.24, 2.45) is 0 Å². The van der Waals surface area contributed by atoms with E-state index in [0.717, 1.165) is 12.8 Å². The number of nitrogens with zero attached hydrogens (tertiary/aromatic N) is 3. The zero-order chi connectivity index (χ0) is 18.6. The predicted octanol–water partition coefficient (Wildman–Crippen LogP) is 4.16. The molecule has 7 nitrogen and oxygen atoms in total. The van der Waals surface area contributed by atoms with Crippen LogP contribution in [0.4, 0.5) is 9.59 Å². The third kappa shape index (κ3) is 4.76. The molecule has 0 bridgehead atoms. The average Bonchev–Trinajstić information content (AvgIpc) is 2.53. The Labute approximate surface area is 160 Å². The van der Waals surface area contributed by atoms with Gasteiger partial charge < -0.3 is 14.7 Å². The minimum Gasteiger partial charge on any atom is -0.465 e. The minimum absolute atomic E-state index is 0.232. The molecule has 2 heterocycles. The van der Waals surface area contributed by atoms with Crippen LogP contribution < -0.4 is 0 Å². The quantitative estimate of drug-likeness (QED) is 0.568. The van der Waals surface area contributed by atoms with Crippen LogP contribution in [-0.4, -0.2) is 57.8 Å². The van der Waals surface area contributed by atoms with Gasteiger partial charge in [-0.2, -0.15) is 0 Å². The number of rotatable bonds is 4. The Balaban J connectivity index is 2.33. The van der Waals surface area contributed by atoms with Crippen molar-refractivity contribution in [3.05, 3.63) is 27.5 Å². The van der Waals surface area contributed by atoms with Crippen LogP contribution in [0.15, 0.2) is 16.7 Å². The summed E-state index contributed by atoms with van der Waals surface area (Å²) in [5.74, 6) is 0. The maximum absolute atomic E-state index is 12.5. The van der Waals surface area contributed by atoms with Crippen LogP contribution in [0.2, 0.25) is 5.15 Å². The van der Waals surface area contributed by atoms with E-state index < -0.39 is 24.3 Å². The van der Waals surface area contributed by atoms with Crippen molar-refractivity contribution in [1.29, 1.82) is 0 Å². The Hall–Kier alpha value is -1.54. The molecule has 1 aromatic heterocycles. The summed E-state index contributed by atoms with van der Waals surface area (Å²) in [6.45, 7) is 4.61. The van der Waals surface area contributed by atoms with Gasteiger partial charge in [0.2, 0.25) is 0 Å². The molecule has 2 atom stereocenters. The molecule has 1 aliphatic rings. The fraction of sp³-hybridized carbons (Fsp3) is 0.562. The highest BCUT2D eigenvalue weighted by Gasteiger charge is 2.40. The Kier molecular flexibility index (Phi) is 6.89. The van der Waals surface area contributed by atoms with E-state index in [1.807, 2.05) is 6.92 Å². The number of unbranched alkanes of at least 4 members (excludes halogenated alkanes) is 1. The van der Waals surface area contributed by atoms with Crippen molar-refractivity contribution >= 4 is 39.7 Å². The van der Waals surface area contributed by atoms with E-state index in [0.29, 0.717) is 16.8 Å². The number of pyridine rings is 1. The summed E-state index contributed by atoms with van der Waals surface area (Å²) in [5.41, 5.74) is 0.706. The highest BCUT2D eigenvalue weighted by atomic mass is 79.9. The Morgan fingerprint density at radius 2 is 2.08 bits per heavy atom. The summed E-state index contributed by atoms with van der Waals surface area (Å²) in [4.78, 5) is 31.0. The van der Waals surface area contributed by atoms with E-state index in [9.17, 15) is 14.7 Å². The number of carbonyl (C=O) groups excluding carboxylic acids is 1. The molecule has 0 radical (unpaired) electrons. The van der Waals surface area contributed by atoms with Crippen LogP contribution in [0.1, 0.15) is 38.3 Å². The molecule has 1 saturated heterocycles. The normalized spacial score (nSPS) is 20.5. The number of carboxylic acid groups (broad SMARTS) is 1. The molecule has 9 heteroatoms. The third-order valence-corrected chi connectivity index (χ3v) is 4.80. The first-order valence-electron chi connectivity index (χ1n) is 8.11. The van der Waals surface area contributed by atoms with E-state index >= 15 is 0 Å². The predicted molar refractivity (Wildman–Crippen MR) is 96.8 cm³/mol. The number of ether oxygens (including phenoxy) is 1. The highest BCUT2D eigenvalue weighted by molar-refractivity contribution is 9.10. The molecule has 1 fully saturated rings. The zero-order valence-corrected chi connectivity index (χ0v) is 16.5.